The Hall–Kier alpha value is -0.0600. The average Bonchev–Trinajstić information content (AvgIpc) is 2.70. The molecule has 1 aliphatic rings. The van der Waals surface area contributed by atoms with E-state index in [1.54, 1.807) is 0 Å². The molecule has 2 rings (SSSR count). The van der Waals surface area contributed by atoms with Gasteiger partial charge in [0, 0.05) is 23.9 Å². The van der Waals surface area contributed by atoms with Gasteiger partial charge in [0.2, 0.25) is 0 Å². The summed E-state index contributed by atoms with van der Waals surface area (Å²) in [5, 5.41) is 3.40. The second-order valence-electron chi connectivity index (χ2n) is 3.96. The highest BCUT2D eigenvalue weighted by Crippen LogP contribution is 2.32. The fourth-order valence-electron chi connectivity index (χ4n) is 2.26. The Bertz CT molecular complexity index is 289. The largest absolute Gasteiger partial charge is 0.330 e. The van der Waals surface area contributed by atoms with E-state index in [9.17, 15) is 0 Å². The lowest BCUT2D eigenvalue weighted by Gasteiger charge is -2.26. The first kappa shape index (κ1) is 19.3. The lowest BCUT2D eigenvalue weighted by Crippen LogP contribution is -2.32. The maximum Gasteiger partial charge on any atom is 0.0479 e. The van der Waals surface area contributed by atoms with E-state index in [0.717, 1.165) is 32.5 Å². The molecular formula is C11H20Cl3N3. The number of hydrogen-bond acceptors (Lipinski definition) is 3. The molecule has 1 aromatic heterocycles. The Morgan fingerprint density at radius 2 is 2.06 bits per heavy atom. The van der Waals surface area contributed by atoms with Gasteiger partial charge in [0.05, 0.1) is 0 Å². The minimum absolute atomic E-state index is 0. The molecule has 1 unspecified atom stereocenters. The Morgan fingerprint density at radius 1 is 1.29 bits per heavy atom. The monoisotopic (exact) mass is 299 g/mol. The number of nitrogens with two attached hydrogens (primary N) is 1. The van der Waals surface area contributed by atoms with Gasteiger partial charge in [-0.2, -0.15) is 0 Å². The van der Waals surface area contributed by atoms with Crippen molar-refractivity contribution in [1.82, 2.24) is 10.3 Å². The van der Waals surface area contributed by atoms with Gasteiger partial charge < -0.3 is 11.1 Å². The Morgan fingerprint density at radius 3 is 2.53 bits per heavy atom. The zero-order valence-electron chi connectivity index (χ0n) is 9.59. The second kappa shape index (κ2) is 8.95. The van der Waals surface area contributed by atoms with Gasteiger partial charge in [-0.1, -0.05) is 6.07 Å². The lowest BCUT2D eigenvalue weighted by molar-refractivity contribution is 0.427. The number of nitrogens with zero attached hydrogens (tertiary/aromatic N) is 1. The molecular weight excluding hydrogens is 281 g/mol. The number of aromatic nitrogens is 1. The van der Waals surface area contributed by atoms with Crippen molar-refractivity contribution in [2.24, 2.45) is 5.73 Å². The highest BCUT2D eigenvalue weighted by molar-refractivity contribution is 5.86. The minimum atomic E-state index is 0. The van der Waals surface area contributed by atoms with Crippen molar-refractivity contribution in [3.05, 3.63) is 30.1 Å². The van der Waals surface area contributed by atoms with Crippen LogP contribution in [0.15, 0.2) is 24.4 Å². The van der Waals surface area contributed by atoms with Gasteiger partial charge >= 0.3 is 0 Å². The summed E-state index contributed by atoms with van der Waals surface area (Å²) >= 11 is 0. The van der Waals surface area contributed by atoms with Crippen LogP contribution in [0.2, 0.25) is 0 Å². The van der Waals surface area contributed by atoms with Crippen LogP contribution < -0.4 is 11.1 Å². The van der Waals surface area contributed by atoms with Crippen LogP contribution in [0.1, 0.15) is 18.5 Å². The maximum atomic E-state index is 5.68. The van der Waals surface area contributed by atoms with Crippen molar-refractivity contribution in [3.63, 3.8) is 0 Å². The van der Waals surface area contributed by atoms with Gasteiger partial charge in [-0.3, -0.25) is 4.98 Å². The van der Waals surface area contributed by atoms with Gasteiger partial charge in [-0.15, -0.1) is 37.2 Å². The van der Waals surface area contributed by atoms with Crippen LogP contribution in [0, 0.1) is 0 Å². The van der Waals surface area contributed by atoms with E-state index in [1.807, 2.05) is 12.3 Å². The maximum absolute atomic E-state index is 5.68. The van der Waals surface area contributed by atoms with E-state index >= 15 is 0 Å². The first-order valence-corrected chi connectivity index (χ1v) is 5.20. The molecule has 2 heterocycles. The minimum Gasteiger partial charge on any atom is -0.330 e. The van der Waals surface area contributed by atoms with Crippen molar-refractivity contribution < 1.29 is 0 Å². The van der Waals surface area contributed by atoms with Crippen molar-refractivity contribution in [1.29, 1.82) is 0 Å². The first-order chi connectivity index (χ1) is 6.87. The summed E-state index contributed by atoms with van der Waals surface area (Å²) in [5.41, 5.74) is 7.06. The molecule has 1 aliphatic heterocycles. The summed E-state index contributed by atoms with van der Waals surface area (Å²) in [7, 11) is 0. The van der Waals surface area contributed by atoms with Crippen molar-refractivity contribution in [2.75, 3.05) is 19.6 Å². The second-order valence-corrected chi connectivity index (χ2v) is 3.96. The zero-order valence-corrected chi connectivity index (χ0v) is 12.0. The predicted molar refractivity (Wildman–Crippen MR) is 78.8 cm³/mol. The summed E-state index contributed by atoms with van der Waals surface area (Å²) in [6.45, 7) is 2.83. The molecule has 1 fully saturated rings. The third-order valence-corrected chi connectivity index (χ3v) is 3.07. The molecule has 100 valence electrons. The Labute approximate surface area is 121 Å². The van der Waals surface area contributed by atoms with Crippen LogP contribution >= 0.6 is 37.2 Å². The average molecular weight is 301 g/mol. The molecule has 3 N–H and O–H groups in total. The smallest absolute Gasteiger partial charge is 0.0479 e. The van der Waals surface area contributed by atoms with Gasteiger partial charge in [-0.05, 0) is 38.1 Å². The summed E-state index contributed by atoms with van der Waals surface area (Å²) in [6.07, 6.45) is 4.05. The van der Waals surface area contributed by atoms with Gasteiger partial charge in [-0.25, -0.2) is 0 Å². The van der Waals surface area contributed by atoms with Crippen molar-refractivity contribution in [3.8, 4) is 0 Å². The molecule has 0 spiro atoms. The number of halogens is 3. The summed E-state index contributed by atoms with van der Waals surface area (Å²) in [4.78, 5) is 4.46. The fraction of sp³-hybridized carbons (Fsp3) is 0.545. The standard InChI is InChI=1S/C11H17N3.3ClH/c12-6-4-11(5-8-13-9-11)10-3-1-2-7-14-10;;;/h1-3,7,13H,4-6,8-9,12H2;3*1H. The zero-order chi connectivity index (χ0) is 9.86. The third-order valence-electron chi connectivity index (χ3n) is 3.07. The molecule has 17 heavy (non-hydrogen) atoms. The van der Waals surface area contributed by atoms with Gasteiger partial charge in [0.25, 0.3) is 0 Å². The Kier molecular flexibility index (Phi) is 10.2. The van der Waals surface area contributed by atoms with Crippen LogP contribution in [-0.4, -0.2) is 24.6 Å². The van der Waals surface area contributed by atoms with Crippen LogP contribution in [0.3, 0.4) is 0 Å². The molecule has 6 heteroatoms. The van der Waals surface area contributed by atoms with E-state index < -0.39 is 0 Å². The number of nitrogens with one attached hydrogen (secondary N) is 1. The third kappa shape index (κ3) is 4.27. The molecule has 3 nitrogen and oxygen atoms in total. The van der Waals surface area contributed by atoms with Crippen LogP contribution in [0.5, 0.6) is 0 Å². The molecule has 1 saturated heterocycles. The van der Waals surface area contributed by atoms with Crippen LogP contribution in [0.25, 0.3) is 0 Å². The summed E-state index contributed by atoms with van der Waals surface area (Å²) in [6, 6.07) is 6.13. The molecule has 0 aliphatic carbocycles. The molecule has 0 aromatic carbocycles. The summed E-state index contributed by atoms with van der Waals surface area (Å²) < 4.78 is 0. The molecule has 0 bridgehead atoms. The number of hydrogen-bond donors (Lipinski definition) is 2. The summed E-state index contributed by atoms with van der Waals surface area (Å²) in [5.74, 6) is 0. The number of pyridine rings is 1. The van der Waals surface area contributed by atoms with Crippen LogP contribution in [-0.2, 0) is 5.41 Å². The van der Waals surface area contributed by atoms with E-state index in [-0.39, 0.29) is 42.6 Å². The van der Waals surface area contributed by atoms with Gasteiger partial charge in [0.15, 0.2) is 0 Å². The first-order valence-electron chi connectivity index (χ1n) is 5.20. The molecule has 0 radical (unpaired) electrons. The van der Waals surface area contributed by atoms with Gasteiger partial charge in [0.1, 0.15) is 0 Å². The highest BCUT2D eigenvalue weighted by Gasteiger charge is 2.35. The SMILES string of the molecule is Cl.Cl.Cl.NCCC1(c2ccccn2)CCNC1. The van der Waals surface area contributed by atoms with Crippen LogP contribution in [0.4, 0.5) is 0 Å². The lowest BCUT2D eigenvalue weighted by atomic mass is 9.80. The van der Waals surface area contributed by atoms with E-state index in [1.165, 1.54) is 5.69 Å². The van der Waals surface area contributed by atoms with E-state index in [4.69, 9.17) is 5.73 Å². The fourth-order valence-corrected chi connectivity index (χ4v) is 2.26. The topological polar surface area (TPSA) is 50.9 Å². The van der Waals surface area contributed by atoms with Crippen molar-refractivity contribution >= 4 is 37.2 Å². The Balaban J connectivity index is 0. The van der Waals surface area contributed by atoms with E-state index in [0.29, 0.717) is 0 Å². The molecule has 0 saturated carbocycles. The van der Waals surface area contributed by atoms with E-state index in [2.05, 4.69) is 22.4 Å². The molecule has 1 aromatic rings. The molecule has 0 amide bonds. The molecule has 1 atom stereocenters. The quantitative estimate of drug-likeness (QED) is 0.897. The predicted octanol–water partition coefficient (Wildman–Crippen LogP) is 1.93. The van der Waals surface area contributed by atoms with Crippen molar-refractivity contribution in [2.45, 2.75) is 18.3 Å². The number of rotatable bonds is 3. The highest BCUT2D eigenvalue weighted by atomic mass is 35.5. The normalized spacial score (nSPS) is 21.9.